The molecule has 0 spiro atoms. The third kappa shape index (κ3) is 5.52. The summed E-state index contributed by atoms with van der Waals surface area (Å²) in [5, 5.41) is 17.1. The van der Waals surface area contributed by atoms with Crippen molar-refractivity contribution in [1.29, 1.82) is 0 Å². The Labute approximate surface area is 172 Å². The molecule has 3 aromatic rings. The van der Waals surface area contributed by atoms with Gasteiger partial charge in [0.2, 0.25) is 11.0 Å². The smallest absolute Gasteiger partial charge is 0.319 e. The number of anilines is 2. The molecule has 9 heteroatoms. The van der Waals surface area contributed by atoms with E-state index in [0.717, 1.165) is 16.9 Å². The molecule has 8 nitrogen and oxygen atoms in total. The summed E-state index contributed by atoms with van der Waals surface area (Å²) in [7, 11) is 1.60. The maximum Gasteiger partial charge on any atom is 0.319 e. The van der Waals surface area contributed by atoms with Crippen LogP contribution in [0.1, 0.15) is 12.5 Å². The van der Waals surface area contributed by atoms with Crippen molar-refractivity contribution in [2.24, 2.45) is 0 Å². The highest BCUT2D eigenvalue weighted by Gasteiger charge is 2.18. The second kappa shape index (κ2) is 9.16. The van der Waals surface area contributed by atoms with Gasteiger partial charge in [-0.1, -0.05) is 23.5 Å². The van der Waals surface area contributed by atoms with E-state index in [2.05, 4.69) is 26.1 Å². The number of carbonyl (C=O) groups is 2. The van der Waals surface area contributed by atoms with Crippen LogP contribution in [0.3, 0.4) is 0 Å². The van der Waals surface area contributed by atoms with Crippen LogP contribution in [0.2, 0.25) is 0 Å². The predicted octanol–water partition coefficient (Wildman–Crippen LogP) is 3.67. The molecule has 1 atom stereocenters. The summed E-state index contributed by atoms with van der Waals surface area (Å²) < 4.78 is 5.13. The van der Waals surface area contributed by atoms with E-state index in [1.807, 2.05) is 49.4 Å². The largest absolute Gasteiger partial charge is 0.497 e. The monoisotopic (exact) mass is 411 g/mol. The fraction of sp³-hybridized carbons (Fsp3) is 0.200. The number of amides is 3. The van der Waals surface area contributed by atoms with Crippen molar-refractivity contribution in [3.8, 4) is 16.3 Å². The summed E-state index contributed by atoms with van der Waals surface area (Å²) in [6, 6.07) is 13.6. The van der Waals surface area contributed by atoms with Gasteiger partial charge in [0.05, 0.1) is 7.11 Å². The van der Waals surface area contributed by atoms with Crippen LogP contribution in [-0.2, 0) is 4.79 Å². The Hall–Kier alpha value is -3.46. The number of nitrogens with zero attached hydrogens (tertiary/aromatic N) is 2. The zero-order valence-corrected chi connectivity index (χ0v) is 17.0. The van der Waals surface area contributed by atoms with E-state index in [1.165, 1.54) is 11.3 Å². The van der Waals surface area contributed by atoms with E-state index in [-0.39, 0.29) is 5.91 Å². The summed E-state index contributed by atoms with van der Waals surface area (Å²) in [5.41, 5.74) is 2.55. The standard InChI is InChI=1S/C20H21N5O3S/c1-12-5-4-6-15(11-12)22-19(27)21-13(2)17(26)23-20-25-24-18(29-20)14-7-9-16(28-3)10-8-14/h4-11,13H,1-3H3,(H2,21,22,27)(H,23,25,26)/t13-/m0/s1. The predicted molar refractivity (Wildman–Crippen MR) is 113 cm³/mol. The Morgan fingerprint density at radius 3 is 2.52 bits per heavy atom. The van der Waals surface area contributed by atoms with E-state index in [1.54, 1.807) is 20.1 Å². The number of urea groups is 1. The van der Waals surface area contributed by atoms with Crippen LogP contribution in [-0.4, -0.2) is 35.3 Å². The minimum absolute atomic E-state index is 0.355. The Morgan fingerprint density at radius 1 is 1.07 bits per heavy atom. The van der Waals surface area contributed by atoms with E-state index in [4.69, 9.17) is 4.74 Å². The molecular formula is C20H21N5O3S. The summed E-state index contributed by atoms with van der Waals surface area (Å²) in [5.74, 6) is 0.359. The van der Waals surface area contributed by atoms with Gasteiger partial charge in [-0.25, -0.2) is 4.79 Å². The summed E-state index contributed by atoms with van der Waals surface area (Å²) >= 11 is 1.24. The molecule has 3 N–H and O–H groups in total. The Kier molecular flexibility index (Phi) is 6.40. The fourth-order valence-corrected chi connectivity index (χ4v) is 3.24. The molecule has 3 rings (SSSR count). The number of rotatable bonds is 6. The molecule has 0 fully saturated rings. The van der Waals surface area contributed by atoms with Crippen molar-refractivity contribution in [2.45, 2.75) is 19.9 Å². The molecule has 0 saturated carbocycles. The normalized spacial score (nSPS) is 11.4. The van der Waals surface area contributed by atoms with E-state index < -0.39 is 12.1 Å². The van der Waals surface area contributed by atoms with E-state index >= 15 is 0 Å². The van der Waals surface area contributed by atoms with Crippen LogP contribution in [0.15, 0.2) is 48.5 Å². The first-order valence-corrected chi connectivity index (χ1v) is 9.69. The summed E-state index contributed by atoms with van der Waals surface area (Å²) in [6.45, 7) is 3.53. The summed E-state index contributed by atoms with van der Waals surface area (Å²) in [4.78, 5) is 24.4. The molecule has 1 heterocycles. The van der Waals surface area contributed by atoms with Crippen LogP contribution >= 0.6 is 11.3 Å². The number of nitrogens with one attached hydrogen (secondary N) is 3. The Morgan fingerprint density at radius 2 is 1.83 bits per heavy atom. The van der Waals surface area contributed by atoms with Crippen molar-refractivity contribution in [1.82, 2.24) is 15.5 Å². The van der Waals surface area contributed by atoms with Gasteiger partial charge in [0, 0.05) is 11.3 Å². The van der Waals surface area contributed by atoms with Crippen LogP contribution in [0.25, 0.3) is 10.6 Å². The molecule has 0 aliphatic heterocycles. The van der Waals surface area contributed by atoms with Crippen LogP contribution in [0.4, 0.5) is 15.6 Å². The first-order chi connectivity index (χ1) is 13.9. The molecule has 0 unspecified atom stereocenters. The first kappa shape index (κ1) is 20.3. The average molecular weight is 411 g/mol. The molecule has 0 aliphatic carbocycles. The highest BCUT2D eigenvalue weighted by Crippen LogP contribution is 2.27. The number of hydrogen-bond acceptors (Lipinski definition) is 6. The van der Waals surface area contributed by atoms with Gasteiger partial charge in [-0.2, -0.15) is 0 Å². The molecule has 3 amide bonds. The van der Waals surface area contributed by atoms with E-state index in [9.17, 15) is 9.59 Å². The molecule has 29 heavy (non-hydrogen) atoms. The minimum atomic E-state index is -0.756. The van der Waals surface area contributed by atoms with Gasteiger partial charge in [0.1, 0.15) is 16.8 Å². The second-order valence-electron chi connectivity index (χ2n) is 6.32. The lowest BCUT2D eigenvalue weighted by Crippen LogP contribution is -2.43. The average Bonchev–Trinajstić information content (AvgIpc) is 3.16. The van der Waals surface area contributed by atoms with Crippen molar-refractivity contribution in [3.63, 3.8) is 0 Å². The van der Waals surface area contributed by atoms with Gasteiger partial charge in [0.15, 0.2) is 0 Å². The Balaban J connectivity index is 1.55. The van der Waals surface area contributed by atoms with Crippen LogP contribution in [0, 0.1) is 6.92 Å². The lowest BCUT2D eigenvalue weighted by atomic mass is 10.2. The minimum Gasteiger partial charge on any atom is -0.497 e. The third-order valence-electron chi connectivity index (χ3n) is 4.01. The maximum atomic E-state index is 12.4. The number of methoxy groups -OCH3 is 1. The number of hydrogen-bond donors (Lipinski definition) is 3. The van der Waals surface area contributed by atoms with E-state index in [0.29, 0.717) is 15.8 Å². The fourth-order valence-electron chi connectivity index (χ4n) is 2.49. The SMILES string of the molecule is COc1ccc(-c2nnc(NC(=O)[C@H](C)NC(=O)Nc3cccc(C)c3)s2)cc1. The molecule has 0 bridgehead atoms. The van der Waals surface area contributed by atoms with Gasteiger partial charge in [0.25, 0.3) is 0 Å². The highest BCUT2D eigenvalue weighted by molar-refractivity contribution is 7.18. The number of aromatic nitrogens is 2. The molecule has 2 aromatic carbocycles. The van der Waals surface area contributed by atoms with Gasteiger partial charge in [-0.15, -0.1) is 10.2 Å². The molecule has 0 saturated heterocycles. The zero-order chi connectivity index (χ0) is 20.8. The van der Waals surface area contributed by atoms with Gasteiger partial charge >= 0.3 is 6.03 Å². The van der Waals surface area contributed by atoms with Crippen molar-refractivity contribution in [2.75, 3.05) is 17.7 Å². The van der Waals surface area contributed by atoms with Crippen LogP contribution < -0.4 is 20.7 Å². The number of benzene rings is 2. The Bertz CT molecular complexity index is 1000. The molecular weight excluding hydrogens is 390 g/mol. The van der Waals surface area contributed by atoms with Crippen LogP contribution in [0.5, 0.6) is 5.75 Å². The molecule has 0 aliphatic rings. The highest BCUT2D eigenvalue weighted by atomic mass is 32.1. The topological polar surface area (TPSA) is 105 Å². The lowest BCUT2D eigenvalue weighted by molar-refractivity contribution is -0.117. The first-order valence-electron chi connectivity index (χ1n) is 8.87. The van der Waals surface area contributed by atoms with Crippen molar-refractivity contribution < 1.29 is 14.3 Å². The number of ether oxygens (including phenoxy) is 1. The van der Waals surface area contributed by atoms with Gasteiger partial charge in [-0.3, -0.25) is 10.1 Å². The van der Waals surface area contributed by atoms with Crippen molar-refractivity contribution >= 4 is 34.1 Å². The summed E-state index contributed by atoms with van der Waals surface area (Å²) in [6.07, 6.45) is 0. The number of aryl methyl sites for hydroxylation is 1. The molecule has 150 valence electrons. The maximum absolute atomic E-state index is 12.4. The molecule has 0 radical (unpaired) electrons. The van der Waals surface area contributed by atoms with Gasteiger partial charge < -0.3 is 15.4 Å². The number of carbonyl (C=O) groups excluding carboxylic acids is 2. The van der Waals surface area contributed by atoms with Gasteiger partial charge in [-0.05, 0) is 55.8 Å². The van der Waals surface area contributed by atoms with Crippen molar-refractivity contribution in [3.05, 3.63) is 54.1 Å². The second-order valence-corrected chi connectivity index (χ2v) is 7.30. The quantitative estimate of drug-likeness (QED) is 0.574. The lowest BCUT2D eigenvalue weighted by Gasteiger charge is -2.13. The third-order valence-corrected chi connectivity index (χ3v) is 4.90. The molecule has 1 aromatic heterocycles. The zero-order valence-electron chi connectivity index (χ0n) is 16.2.